The first kappa shape index (κ1) is 16.3. The molecule has 0 aliphatic heterocycles. The highest BCUT2D eigenvalue weighted by molar-refractivity contribution is 5.74. The molecule has 0 radical (unpaired) electrons. The zero-order valence-electron chi connectivity index (χ0n) is 13.0. The topological polar surface area (TPSA) is 78.4 Å². The molecule has 2 amide bonds. The average Bonchev–Trinajstić information content (AvgIpc) is 3.22. The van der Waals surface area contributed by atoms with E-state index in [1.807, 2.05) is 30.3 Å². The van der Waals surface area contributed by atoms with Gasteiger partial charge in [0.15, 0.2) is 0 Å². The lowest BCUT2D eigenvalue weighted by Gasteiger charge is -2.19. The molecule has 0 spiro atoms. The van der Waals surface area contributed by atoms with E-state index in [-0.39, 0.29) is 23.9 Å². The lowest BCUT2D eigenvalue weighted by molar-refractivity contribution is -0.137. The molecule has 0 saturated heterocycles. The quantitative estimate of drug-likeness (QED) is 0.690. The predicted octanol–water partition coefficient (Wildman–Crippen LogP) is 2.56. The number of nitrogens with one attached hydrogen (secondary N) is 2. The lowest BCUT2D eigenvalue weighted by atomic mass is 10.0. The SMILES string of the molecule is CC1(CNC(=O)NC(CCC(=O)O)Cc2ccccc2)CC1. The number of aliphatic carboxylic acids is 1. The van der Waals surface area contributed by atoms with E-state index in [0.717, 1.165) is 18.4 Å². The molecule has 1 unspecified atom stereocenters. The maximum Gasteiger partial charge on any atom is 0.315 e. The molecule has 5 nitrogen and oxygen atoms in total. The van der Waals surface area contributed by atoms with Crippen LogP contribution in [-0.2, 0) is 11.2 Å². The Labute approximate surface area is 131 Å². The molecular weight excluding hydrogens is 280 g/mol. The number of hydrogen-bond donors (Lipinski definition) is 3. The van der Waals surface area contributed by atoms with Crippen LogP contribution < -0.4 is 10.6 Å². The first-order valence-electron chi connectivity index (χ1n) is 7.77. The summed E-state index contributed by atoms with van der Waals surface area (Å²) in [6.07, 6.45) is 3.42. The normalized spacial score (nSPS) is 16.6. The first-order valence-corrected chi connectivity index (χ1v) is 7.77. The summed E-state index contributed by atoms with van der Waals surface area (Å²) in [5, 5.41) is 14.7. The number of hydrogen-bond acceptors (Lipinski definition) is 2. The van der Waals surface area contributed by atoms with Crippen LogP contribution in [0.15, 0.2) is 30.3 Å². The second kappa shape index (κ2) is 7.29. The molecule has 1 atom stereocenters. The van der Waals surface area contributed by atoms with Crippen molar-refractivity contribution in [2.45, 2.75) is 45.1 Å². The van der Waals surface area contributed by atoms with E-state index in [1.54, 1.807) is 0 Å². The number of carbonyl (C=O) groups is 2. The van der Waals surface area contributed by atoms with Crippen LogP contribution in [0.5, 0.6) is 0 Å². The van der Waals surface area contributed by atoms with Gasteiger partial charge in [0.2, 0.25) is 0 Å². The summed E-state index contributed by atoms with van der Waals surface area (Å²) in [4.78, 5) is 22.8. The highest BCUT2D eigenvalue weighted by Crippen LogP contribution is 2.43. The van der Waals surface area contributed by atoms with Crippen molar-refractivity contribution >= 4 is 12.0 Å². The van der Waals surface area contributed by atoms with Crippen molar-refractivity contribution in [3.8, 4) is 0 Å². The minimum atomic E-state index is -0.842. The molecular formula is C17H24N2O3. The van der Waals surface area contributed by atoms with E-state index in [9.17, 15) is 9.59 Å². The number of carboxylic acid groups (broad SMARTS) is 1. The summed E-state index contributed by atoms with van der Waals surface area (Å²) in [7, 11) is 0. The van der Waals surface area contributed by atoms with Gasteiger partial charge in [-0.05, 0) is 36.7 Å². The molecule has 1 aliphatic rings. The third-order valence-corrected chi connectivity index (χ3v) is 4.15. The molecule has 2 rings (SSSR count). The molecule has 3 N–H and O–H groups in total. The molecule has 5 heteroatoms. The number of rotatable bonds is 8. The fraction of sp³-hybridized carbons (Fsp3) is 0.529. The summed E-state index contributed by atoms with van der Waals surface area (Å²) in [5.41, 5.74) is 1.35. The van der Waals surface area contributed by atoms with Gasteiger partial charge in [-0.2, -0.15) is 0 Å². The summed E-state index contributed by atoms with van der Waals surface area (Å²) < 4.78 is 0. The van der Waals surface area contributed by atoms with Crippen molar-refractivity contribution in [3.63, 3.8) is 0 Å². The smallest absolute Gasteiger partial charge is 0.315 e. The molecule has 1 saturated carbocycles. The van der Waals surface area contributed by atoms with Gasteiger partial charge in [0.1, 0.15) is 0 Å². The van der Waals surface area contributed by atoms with Gasteiger partial charge >= 0.3 is 12.0 Å². The van der Waals surface area contributed by atoms with Crippen molar-refractivity contribution in [1.82, 2.24) is 10.6 Å². The molecule has 120 valence electrons. The van der Waals surface area contributed by atoms with E-state index in [4.69, 9.17) is 5.11 Å². The lowest BCUT2D eigenvalue weighted by Crippen LogP contribution is -2.44. The molecule has 1 aromatic carbocycles. The highest BCUT2D eigenvalue weighted by Gasteiger charge is 2.37. The van der Waals surface area contributed by atoms with Crippen LogP contribution in [0.3, 0.4) is 0 Å². The van der Waals surface area contributed by atoms with Gasteiger partial charge in [-0.15, -0.1) is 0 Å². The van der Waals surface area contributed by atoms with Crippen molar-refractivity contribution < 1.29 is 14.7 Å². The molecule has 0 bridgehead atoms. The van der Waals surface area contributed by atoms with Crippen LogP contribution in [0.25, 0.3) is 0 Å². The van der Waals surface area contributed by atoms with E-state index in [2.05, 4.69) is 17.6 Å². The van der Waals surface area contributed by atoms with Crippen LogP contribution in [0.2, 0.25) is 0 Å². The standard InChI is InChI=1S/C17H24N2O3/c1-17(9-10-17)12-18-16(22)19-14(7-8-15(20)21)11-13-5-3-2-4-6-13/h2-6,14H,7-12H2,1H3,(H,20,21)(H2,18,19,22). The summed E-state index contributed by atoms with van der Waals surface area (Å²) in [6, 6.07) is 9.41. The van der Waals surface area contributed by atoms with Crippen molar-refractivity contribution in [2.75, 3.05) is 6.54 Å². The Bertz CT molecular complexity index is 512. The van der Waals surface area contributed by atoms with Gasteiger partial charge in [-0.25, -0.2) is 4.79 Å². The molecule has 22 heavy (non-hydrogen) atoms. The second-order valence-electron chi connectivity index (χ2n) is 6.46. The first-order chi connectivity index (χ1) is 10.5. The monoisotopic (exact) mass is 304 g/mol. The second-order valence-corrected chi connectivity index (χ2v) is 6.46. The maximum absolute atomic E-state index is 12.0. The largest absolute Gasteiger partial charge is 0.481 e. The Morgan fingerprint density at radius 1 is 1.27 bits per heavy atom. The molecule has 1 fully saturated rings. The molecule has 1 aromatic rings. The molecule has 0 heterocycles. The van der Waals surface area contributed by atoms with Gasteiger partial charge in [0.25, 0.3) is 0 Å². The summed E-state index contributed by atoms with van der Waals surface area (Å²) in [5.74, 6) is -0.842. The Morgan fingerprint density at radius 2 is 1.95 bits per heavy atom. The van der Waals surface area contributed by atoms with Crippen molar-refractivity contribution in [1.29, 1.82) is 0 Å². The number of amides is 2. The molecule has 0 aromatic heterocycles. The van der Waals surface area contributed by atoms with Crippen LogP contribution in [0.4, 0.5) is 4.79 Å². The fourth-order valence-corrected chi connectivity index (χ4v) is 2.34. The summed E-state index contributed by atoms with van der Waals surface area (Å²) >= 11 is 0. The van der Waals surface area contributed by atoms with Crippen LogP contribution in [-0.4, -0.2) is 29.7 Å². The third kappa shape index (κ3) is 5.76. The zero-order chi connectivity index (χ0) is 16.0. The van der Waals surface area contributed by atoms with E-state index >= 15 is 0 Å². The fourth-order valence-electron chi connectivity index (χ4n) is 2.34. The van der Waals surface area contributed by atoms with Gasteiger partial charge in [-0.3, -0.25) is 4.79 Å². The van der Waals surface area contributed by atoms with Gasteiger partial charge in [-0.1, -0.05) is 37.3 Å². The van der Waals surface area contributed by atoms with E-state index < -0.39 is 5.97 Å². The number of carbonyl (C=O) groups excluding carboxylic acids is 1. The minimum absolute atomic E-state index is 0.0511. The van der Waals surface area contributed by atoms with Gasteiger partial charge in [0, 0.05) is 19.0 Å². The van der Waals surface area contributed by atoms with Crippen LogP contribution in [0.1, 0.15) is 38.2 Å². The highest BCUT2D eigenvalue weighted by atomic mass is 16.4. The number of carboxylic acids is 1. The number of benzene rings is 1. The van der Waals surface area contributed by atoms with Crippen LogP contribution >= 0.6 is 0 Å². The van der Waals surface area contributed by atoms with Gasteiger partial charge < -0.3 is 15.7 Å². The van der Waals surface area contributed by atoms with E-state index in [0.29, 0.717) is 19.4 Å². The number of urea groups is 1. The van der Waals surface area contributed by atoms with Crippen molar-refractivity contribution in [3.05, 3.63) is 35.9 Å². The Hall–Kier alpha value is -2.04. The Kier molecular flexibility index (Phi) is 5.41. The third-order valence-electron chi connectivity index (χ3n) is 4.15. The summed E-state index contributed by atoms with van der Waals surface area (Å²) in [6.45, 7) is 2.83. The Balaban J connectivity index is 1.85. The average molecular weight is 304 g/mol. The minimum Gasteiger partial charge on any atom is -0.481 e. The molecule has 1 aliphatic carbocycles. The van der Waals surface area contributed by atoms with Crippen LogP contribution in [0, 0.1) is 5.41 Å². The van der Waals surface area contributed by atoms with E-state index in [1.165, 1.54) is 0 Å². The maximum atomic E-state index is 12.0. The predicted molar refractivity (Wildman–Crippen MR) is 84.7 cm³/mol. The zero-order valence-corrected chi connectivity index (χ0v) is 13.0. The Morgan fingerprint density at radius 3 is 2.55 bits per heavy atom. The van der Waals surface area contributed by atoms with Gasteiger partial charge in [0.05, 0.1) is 0 Å². The van der Waals surface area contributed by atoms with Crippen molar-refractivity contribution in [2.24, 2.45) is 5.41 Å².